The Bertz CT molecular complexity index is 775. The lowest BCUT2D eigenvalue weighted by Crippen LogP contribution is -2.43. The number of fused-ring (bicyclic) bond motifs is 2. The minimum absolute atomic E-state index is 0.0712. The standard InChI is InChI=1S/C19H24BrNO4S/c20-15-8-10-16(11-9-15)26(24,25)21-19-14-7-6-13(12-14)17(19)4-2-1-3-5-18(22)23/h2,4,8-11,13-14,17,19,21H,1,3,5-7,12H2,(H,22,23). The van der Waals surface area contributed by atoms with Crippen LogP contribution < -0.4 is 4.72 Å². The van der Waals surface area contributed by atoms with Crippen LogP contribution in [-0.2, 0) is 14.8 Å². The fraction of sp³-hybridized carbons (Fsp3) is 0.526. The van der Waals surface area contributed by atoms with Crippen molar-refractivity contribution < 1.29 is 18.3 Å². The maximum absolute atomic E-state index is 12.8. The molecule has 0 aromatic heterocycles. The van der Waals surface area contributed by atoms with Crippen LogP contribution in [0.4, 0.5) is 0 Å². The summed E-state index contributed by atoms with van der Waals surface area (Å²) in [6.45, 7) is 0. The number of allylic oxidation sites excluding steroid dienone is 1. The molecule has 2 aliphatic rings. The molecule has 2 N–H and O–H groups in total. The second-order valence-corrected chi connectivity index (χ2v) is 9.86. The lowest BCUT2D eigenvalue weighted by Gasteiger charge is -2.29. The summed E-state index contributed by atoms with van der Waals surface area (Å²) in [5, 5.41) is 8.70. The molecule has 0 aliphatic heterocycles. The Labute approximate surface area is 163 Å². The summed E-state index contributed by atoms with van der Waals surface area (Å²) in [4.78, 5) is 10.9. The third-order valence-corrected chi connectivity index (χ3v) is 7.52. The topological polar surface area (TPSA) is 83.5 Å². The first-order valence-electron chi connectivity index (χ1n) is 9.03. The molecule has 5 nitrogen and oxygen atoms in total. The van der Waals surface area contributed by atoms with E-state index in [4.69, 9.17) is 5.11 Å². The summed E-state index contributed by atoms with van der Waals surface area (Å²) < 4.78 is 29.3. The van der Waals surface area contributed by atoms with E-state index in [0.717, 1.165) is 23.7 Å². The summed E-state index contributed by atoms with van der Waals surface area (Å²) in [5.41, 5.74) is 0. The molecule has 2 saturated carbocycles. The first kappa shape index (κ1) is 19.6. The van der Waals surface area contributed by atoms with Gasteiger partial charge in [0.2, 0.25) is 10.0 Å². The van der Waals surface area contributed by atoms with E-state index in [1.807, 2.05) is 6.08 Å². The van der Waals surface area contributed by atoms with Gasteiger partial charge in [0.05, 0.1) is 4.90 Å². The summed E-state index contributed by atoms with van der Waals surface area (Å²) in [7, 11) is -3.54. The molecule has 4 atom stereocenters. The van der Waals surface area contributed by atoms with Crippen molar-refractivity contribution in [2.75, 3.05) is 0 Å². The van der Waals surface area contributed by atoms with Crippen molar-refractivity contribution in [3.63, 3.8) is 0 Å². The maximum Gasteiger partial charge on any atom is 0.303 e. The molecule has 3 rings (SSSR count). The lowest BCUT2D eigenvalue weighted by atomic mass is 9.84. The third-order valence-electron chi connectivity index (χ3n) is 5.52. The molecule has 142 valence electrons. The van der Waals surface area contributed by atoms with Gasteiger partial charge in [-0.2, -0.15) is 0 Å². The summed E-state index contributed by atoms with van der Waals surface area (Å²) >= 11 is 3.33. The molecule has 2 aliphatic carbocycles. The van der Waals surface area contributed by atoms with E-state index >= 15 is 0 Å². The van der Waals surface area contributed by atoms with Gasteiger partial charge in [-0.15, -0.1) is 0 Å². The van der Waals surface area contributed by atoms with Crippen LogP contribution in [0.2, 0.25) is 0 Å². The number of carboxylic acids is 1. The van der Waals surface area contributed by atoms with Crippen molar-refractivity contribution in [1.29, 1.82) is 0 Å². The van der Waals surface area contributed by atoms with Crippen molar-refractivity contribution in [2.45, 2.75) is 49.5 Å². The molecule has 0 heterocycles. The molecule has 0 radical (unpaired) electrons. The Kier molecular flexibility index (Phi) is 6.20. The summed E-state index contributed by atoms with van der Waals surface area (Å²) in [5.74, 6) is 0.328. The van der Waals surface area contributed by atoms with E-state index in [9.17, 15) is 13.2 Å². The average molecular weight is 442 g/mol. The number of carboxylic acid groups (broad SMARTS) is 1. The third kappa shape index (κ3) is 4.56. The van der Waals surface area contributed by atoms with E-state index in [-0.39, 0.29) is 23.3 Å². The van der Waals surface area contributed by atoms with E-state index < -0.39 is 16.0 Å². The van der Waals surface area contributed by atoms with Gasteiger partial charge in [-0.05, 0) is 74.1 Å². The highest BCUT2D eigenvalue weighted by Crippen LogP contribution is 2.49. The first-order valence-corrected chi connectivity index (χ1v) is 11.3. The Morgan fingerprint density at radius 1 is 1.23 bits per heavy atom. The zero-order chi connectivity index (χ0) is 18.7. The fourth-order valence-corrected chi connectivity index (χ4v) is 5.88. The van der Waals surface area contributed by atoms with E-state index in [2.05, 4.69) is 26.7 Å². The van der Waals surface area contributed by atoms with Crippen LogP contribution in [-0.4, -0.2) is 25.5 Å². The molecule has 1 aromatic carbocycles. The van der Waals surface area contributed by atoms with E-state index in [0.29, 0.717) is 24.7 Å². The molecule has 2 fully saturated rings. The van der Waals surface area contributed by atoms with Crippen molar-refractivity contribution in [3.05, 3.63) is 40.9 Å². The highest BCUT2D eigenvalue weighted by molar-refractivity contribution is 9.10. The second-order valence-electron chi connectivity index (χ2n) is 7.23. The van der Waals surface area contributed by atoms with Gasteiger partial charge in [0.15, 0.2) is 0 Å². The summed E-state index contributed by atoms with van der Waals surface area (Å²) in [6, 6.07) is 6.61. The van der Waals surface area contributed by atoms with Crippen molar-refractivity contribution in [2.24, 2.45) is 17.8 Å². The number of unbranched alkanes of at least 4 members (excludes halogenated alkanes) is 1. The minimum atomic E-state index is -3.54. The minimum Gasteiger partial charge on any atom is -0.481 e. The molecule has 26 heavy (non-hydrogen) atoms. The van der Waals surface area contributed by atoms with Gasteiger partial charge in [-0.1, -0.05) is 28.1 Å². The number of carbonyl (C=O) groups is 1. The van der Waals surface area contributed by atoms with Crippen molar-refractivity contribution >= 4 is 31.9 Å². The largest absolute Gasteiger partial charge is 0.481 e. The average Bonchev–Trinajstić information content (AvgIpc) is 3.17. The Hall–Kier alpha value is -1.18. The highest BCUT2D eigenvalue weighted by atomic mass is 79.9. The Morgan fingerprint density at radius 3 is 2.62 bits per heavy atom. The summed E-state index contributed by atoms with van der Waals surface area (Å²) in [6.07, 6.45) is 8.91. The molecule has 0 amide bonds. The van der Waals surface area contributed by atoms with Crippen LogP contribution in [0.3, 0.4) is 0 Å². The van der Waals surface area contributed by atoms with Crippen LogP contribution >= 0.6 is 15.9 Å². The molecule has 0 spiro atoms. The van der Waals surface area contributed by atoms with Crippen molar-refractivity contribution in [3.8, 4) is 0 Å². The highest BCUT2D eigenvalue weighted by Gasteiger charge is 2.47. The number of halogens is 1. The van der Waals surface area contributed by atoms with Gasteiger partial charge >= 0.3 is 5.97 Å². The van der Waals surface area contributed by atoms with Gasteiger partial charge in [-0.3, -0.25) is 4.79 Å². The van der Waals surface area contributed by atoms with Crippen LogP contribution in [0.5, 0.6) is 0 Å². The number of nitrogens with one attached hydrogen (secondary N) is 1. The Balaban J connectivity index is 1.67. The predicted octanol–water partition coefficient (Wildman–Crippen LogP) is 3.95. The smallest absolute Gasteiger partial charge is 0.303 e. The first-order chi connectivity index (χ1) is 12.4. The molecule has 7 heteroatoms. The van der Waals surface area contributed by atoms with Crippen LogP contribution in [0.1, 0.15) is 38.5 Å². The van der Waals surface area contributed by atoms with Gasteiger partial charge < -0.3 is 5.11 Å². The number of hydrogen-bond acceptors (Lipinski definition) is 3. The van der Waals surface area contributed by atoms with Crippen LogP contribution in [0, 0.1) is 17.8 Å². The molecule has 4 unspecified atom stereocenters. The zero-order valence-electron chi connectivity index (χ0n) is 14.5. The van der Waals surface area contributed by atoms with E-state index in [1.54, 1.807) is 24.3 Å². The van der Waals surface area contributed by atoms with Gasteiger partial charge in [0.1, 0.15) is 0 Å². The Morgan fingerprint density at radius 2 is 1.92 bits per heavy atom. The predicted molar refractivity (Wildman–Crippen MR) is 103 cm³/mol. The van der Waals surface area contributed by atoms with Crippen LogP contribution in [0.25, 0.3) is 0 Å². The fourth-order valence-electron chi connectivity index (χ4n) is 4.27. The normalized spacial score (nSPS) is 28.0. The lowest BCUT2D eigenvalue weighted by molar-refractivity contribution is -0.137. The molecular weight excluding hydrogens is 418 g/mol. The number of hydrogen-bond donors (Lipinski definition) is 2. The number of sulfonamides is 1. The SMILES string of the molecule is O=C(O)CCCC=CC1C2CCC(C2)C1NS(=O)(=O)c1ccc(Br)cc1. The molecule has 0 saturated heterocycles. The number of benzene rings is 1. The quantitative estimate of drug-likeness (QED) is 0.472. The zero-order valence-corrected chi connectivity index (χ0v) is 16.9. The molecule has 1 aromatic rings. The van der Waals surface area contributed by atoms with Gasteiger partial charge in [0.25, 0.3) is 0 Å². The van der Waals surface area contributed by atoms with Crippen LogP contribution in [0.15, 0.2) is 45.8 Å². The maximum atomic E-state index is 12.8. The van der Waals surface area contributed by atoms with Gasteiger partial charge in [-0.25, -0.2) is 13.1 Å². The van der Waals surface area contributed by atoms with Gasteiger partial charge in [0, 0.05) is 16.9 Å². The monoisotopic (exact) mass is 441 g/mol. The molecular formula is C19H24BrNO4S. The second kappa shape index (κ2) is 8.23. The number of rotatable bonds is 8. The molecule has 2 bridgehead atoms. The number of aliphatic carboxylic acids is 1. The van der Waals surface area contributed by atoms with Crippen molar-refractivity contribution in [1.82, 2.24) is 4.72 Å². The van der Waals surface area contributed by atoms with E-state index in [1.165, 1.54) is 0 Å².